The Labute approximate surface area is 202 Å². The van der Waals surface area contributed by atoms with E-state index in [1.807, 2.05) is 5.32 Å². The molecule has 0 saturated heterocycles. The normalized spacial score (nSPS) is 11.7. The lowest BCUT2D eigenvalue weighted by Gasteiger charge is -2.19. The summed E-state index contributed by atoms with van der Waals surface area (Å²) in [5, 5.41) is 6.92. The minimum atomic E-state index is -0.835. The third-order valence-corrected chi connectivity index (χ3v) is 4.69. The summed E-state index contributed by atoms with van der Waals surface area (Å²) in [4.78, 5) is 47.9. The lowest BCUT2D eigenvalue weighted by molar-refractivity contribution is -0.147. The Balaban J connectivity index is 1.34. The van der Waals surface area contributed by atoms with Gasteiger partial charge in [0.25, 0.3) is 11.8 Å². The van der Waals surface area contributed by atoms with E-state index >= 15 is 0 Å². The molecule has 186 valence electrons. The number of unbranched alkanes of at least 4 members (excludes halogenated alkanes) is 1. The molecule has 1 aliphatic heterocycles. The number of carbonyl (C=O) groups excluding carboxylic acids is 4. The van der Waals surface area contributed by atoms with Gasteiger partial charge in [-0.1, -0.05) is 13.3 Å². The Morgan fingerprint density at radius 3 is 2.46 bits per heavy atom. The number of carbonyl (C=O) groups is 4. The van der Waals surface area contributed by atoms with Crippen LogP contribution in [0.3, 0.4) is 0 Å². The second kappa shape index (κ2) is 12.8. The third-order valence-electron chi connectivity index (χ3n) is 4.69. The lowest BCUT2D eigenvalue weighted by Crippen LogP contribution is -2.38. The molecule has 0 bridgehead atoms. The number of esters is 1. The van der Waals surface area contributed by atoms with Crippen molar-refractivity contribution in [2.24, 2.45) is 0 Å². The number of hydrogen-bond acceptors (Lipinski definition) is 8. The number of anilines is 1. The second-order valence-electron chi connectivity index (χ2n) is 7.43. The second-order valence-corrected chi connectivity index (χ2v) is 7.43. The van der Waals surface area contributed by atoms with E-state index in [1.54, 1.807) is 42.5 Å². The van der Waals surface area contributed by atoms with Gasteiger partial charge in [0.05, 0.1) is 6.61 Å². The van der Waals surface area contributed by atoms with Crippen molar-refractivity contribution in [3.8, 4) is 17.2 Å². The predicted octanol–water partition coefficient (Wildman–Crippen LogP) is 2.26. The van der Waals surface area contributed by atoms with Crippen LogP contribution in [0.1, 0.15) is 30.1 Å². The molecule has 11 heteroatoms. The minimum Gasteiger partial charge on any atom is -0.494 e. The van der Waals surface area contributed by atoms with Gasteiger partial charge in [-0.2, -0.15) is 0 Å². The maximum atomic E-state index is 12.2. The van der Waals surface area contributed by atoms with Crippen molar-refractivity contribution in [2.45, 2.75) is 19.8 Å². The van der Waals surface area contributed by atoms with Crippen LogP contribution >= 0.6 is 0 Å². The molecule has 0 fully saturated rings. The first-order valence-corrected chi connectivity index (χ1v) is 11.1. The van der Waals surface area contributed by atoms with Gasteiger partial charge in [-0.25, -0.2) is 4.79 Å². The number of nitrogens with one attached hydrogen (secondary N) is 3. The van der Waals surface area contributed by atoms with Crippen LogP contribution in [0.25, 0.3) is 0 Å². The fraction of sp³-hybridized carbons (Fsp3) is 0.333. The van der Waals surface area contributed by atoms with E-state index in [1.165, 1.54) is 0 Å². The largest absolute Gasteiger partial charge is 0.494 e. The molecule has 0 unspecified atom stereocenters. The lowest BCUT2D eigenvalue weighted by atomic mass is 10.2. The van der Waals surface area contributed by atoms with E-state index in [0.29, 0.717) is 48.3 Å². The molecule has 0 atom stereocenters. The highest BCUT2D eigenvalue weighted by Gasteiger charge is 2.15. The zero-order chi connectivity index (χ0) is 25.0. The van der Waals surface area contributed by atoms with E-state index in [0.717, 1.165) is 12.8 Å². The molecule has 35 heavy (non-hydrogen) atoms. The maximum Gasteiger partial charge on any atom is 0.325 e. The van der Waals surface area contributed by atoms with Crippen molar-refractivity contribution >= 4 is 29.5 Å². The molecule has 0 aromatic heterocycles. The van der Waals surface area contributed by atoms with Gasteiger partial charge in [0.15, 0.2) is 18.1 Å². The fourth-order valence-electron chi connectivity index (χ4n) is 2.93. The Morgan fingerprint density at radius 2 is 1.71 bits per heavy atom. The maximum absolute atomic E-state index is 12.2. The van der Waals surface area contributed by atoms with Gasteiger partial charge in [-0.05, 0) is 42.8 Å². The summed E-state index contributed by atoms with van der Waals surface area (Å²) < 4.78 is 21.1. The molecule has 0 radical (unpaired) electrons. The first kappa shape index (κ1) is 25.3. The molecule has 0 aliphatic carbocycles. The van der Waals surface area contributed by atoms with Crippen LogP contribution in [0, 0.1) is 0 Å². The Morgan fingerprint density at radius 1 is 0.971 bits per heavy atom. The summed E-state index contributed by atoms with van der Waals surface area (Å²) in [5.41, 5.74) is 0.731. The molecule has 0 saturated carbocycles. The number of ether oxygens (including phenoxy) is 4. The molecule has 1 heterocycles. The SMILES string of the molecule is CCCCOc1ccc(C(=O)NCC(=O)OCC(=O)NC(=O)Nc2ccc3c(c2)OCCO3)cc1. The molecule has 3 N–H and O–H groups in total. The van der Waals surface area contributed by atoms with E-state index < -0.39 is 37.0 Å². The van der Waals surface area contributed by atoms with Crippen LogP contribution in [-0.2, 0) is 14.3 Å². The highest BCUT2D eigenvalue weighted by atomic mass is 16.6. The quantitative estimate of drug-likeness (QED) is 0.344. The predicted molar refractivity (Wildman–Crippen MR) is 125 cm³/mol. The topological polar surface area (TPSA) is 141 Å². The van der Waals surface area contributed by atoms with E-state index in [9.17, 15) is 19.2 Å². The first-order valence-electron chi connectivity index (χ1n) is 11.1. The highest BCUT2D eigenvalue weighted by molar-refractivity contribution is 6.02. The monoisotopic (exact) mass is 485 g/mol. The number of benzene rings is 2. The van der Waals surface area contributed by atoms with Crippen molar-refractivity contribution in [1.29, 1.82) is 0 Å². The molecule has 2 aromatic carbocycles. The number of urea groups is 1. The highest BCUT2D eigenvalue weighted by Crippen LogP contribution is 2.32. The van der Waals surface area contributed by atoms with E-state index in [-0.39, 0.29) is 0 Å². The van der Waals surface area contributed by atoms with Crippen molar-refractivity contribution in [3.63, 3.8) is 0 Å². The summed E-state index contributed by atoms with van der Waals surface area (Å²) in [6.45, 7) is 2.37. The van der Waals surface area contributed by atoms with Crippen molar-refractivity contribution in [3.05, 3.63) is 48.0 Å². The van der Waals surface area contributed by atoms with Crippen molar-refractivity contribution in [2.75, 3.05) is 38.3 Å². The van der Waals surface area contributed by atoms with Crippen LogP contribution in [0.15, 0.2) is 42.5 Å². The average molecular weight is 485 g/mol. The zero-order valence-corrected chi connectivity index (χ0v) is 19.3. The molecular weight excluding hydrogens is 458 g/mol. The average Bonchev–Trinajstić information content (AvgIpc) is 2.86. The third kappa shape index (κ3) is 8.22. The van der Waals surface area contributed by atoms with Gasteiger partial charge < -0.3 is 29.6 Å². The first-order chi connectivity index (χ1) is 16.9. The summed E-state index contributed by atoms with van der Waals surface area (Å²) in [7, 11) is 0. The molecule has 1 aliphatic rings. The zero-order valence-electron chi connectivity index (χ0n) is 19.3. The number of rotatable bonds is 10. The van der Waals surface area contributed by atoms with E-state index in [4.69, 9.17) is 18.9 Å². The molecule has 3 rings (SSSR count). The van der Waals surface area contributed by atoms with Gasteiger partial charge in [-0.3, -0.25) is 19.7 Å². The van der Waals surface area contributed by atoms with Gasteiger partial charge in [0.1, 0.15) is 25.5 Å². The van der Waals surface area contributed by atoms with Crippen LogP contribution in [0.2, 0.25) is 0 Å². The number of hydrogen-bond donors (Lipinski definition) is 3. The van der Waals surface area contributed by atoms with E-state index in [2.05, 4.69) is 17.6 Å². The summed E-state index contributed by atoms with van der Waals surface area (Å²) in [6.07, 6.45) is 1.96. The van der Waals surface area contributed by atoms with Crippen LogP contribution in [0.4, 0.5) is 10.5 Å². The molecular formula is C24H27N3O8. The smallest absolute Gasteiger partial charge is 0.325 e. The van der Waals surface area contributed by atoms with Crippen molar-refractivity contribution in [1.82, 2.24) is 10.6 Å². The van der Waals surface area contributed by atoms with Gasteiger partial charge in [0, 0.05) is 17.3 Å². The summed E-state index contributed by atoms with van der Waals surface area (Å²) >= 11 is 0. The standard InChI is InChI=1S/C24H27N3O8/c1-2-3-10-32-18-7-4-16(5-8-18)23(30)25-14-22(29)35-15-21(28)27-24(31)26-17-6-9-19-20(13-17)34-12-11-33-19/h4-9,13H,2-3,10-12,14-15H2,1H3,(H,25,30)(H2,26,27,28,31). The summed E-state index contributed by atoms with van der Waals surface area (Å²) in [5.74, 6) is -0.458. The van der Waals surface area contributed by atoms with Crippen LogP contribution in [0.5, 0.6) is 17.2 Å². The molecule has 2 aromatic rings. The van der Waals surface area contributed by atoms with Gasteiger partial charge >= 0.3 is 12.0 Å². The minimum absolute atomic E-state index is 0.342. The fourth-order valence-corrected chi connectivity index (χ4v) is 2.93. The summed E-state index contributed by atoms with van der Waals surface area (Å²) in [6, 6.07) is 10.5. The molecule has 0 spiro atoms. The van der Waals surface area contributed by atoms with Gasteiger partial charge in [-0.15, -0.1) is 0 Å². The molecule has 4 amide bonds. The number of fused-ring (bicyclic) bond motifs is 1. The van der Waals surface area contributed by atoms with Crippen LogP contribution in [-0.4, -0.2) is 56.8 Å². The number of imide groups is 1. The number of amides is 4. The molecule has 11 nitrogen and oxygen atoms in total. The van der Waals surface area contributed by atoms with Crippen LogP contribution < -0.4 is 30.2 Å². The Hall–Kier alpha value is -4.28. The van der Waals surface area contributed by atoms with Crippen molar-refractivity contribution < 1.29 is 38.1 Å². The Bertz CT molecular complexity index is 1060. The Kier molecular flexibility index (Phi) is 9.29. The van der Waals surface area contributed by atoms with Gasteiger partial charge in [0.2, 0.25) is 0 Å².